The van der Waals surface area contributed by atoms with Crippen molar-refractivity contribution in [3.63, 3.8) is 0 Å². The molecule has 1 saturated carbocycles. The summed E-state index contributed by atoms with van der Waals surface area (Å²) in [5.41, 5.74) is 1.64. The number of nitrogens with one attached hydrogen (secondary N) is 1. The number of carbonyl (C=O) groups is 2. The van der Waals surface area contributed by atoms with Crippen LogP contribution in [0.15, 0.2) is 36.4 Å². The number of carbonyl (C=O) groups excluding carboxylic acids is 2. The van der Waals surface area contributed by atoms with Crippen LogP contribution in [0, 0.1) is 6.92 Å². The molecule has 1 aliphatic carbocycles. The van der Waals surface area contributed by atoms with Crippen LogP contribution in [0.25, 0.3) is 0 Å². The summed E-state index contributed by atoms with van der Waals surface area (Å²) in [6.45, 7) is 3.79. The number of rotatable bonds is 9. The standard InChI is InChI=1S/C25H29Cl3N2O3/c1-3-23(25(32)29-18-6-4-5-7-18)30(14-17-8-10-21(27)22(28)13-17)24(31)15-33-19-9-11-20(26)16(2)12-19/h8-13,18,23H,3-7,14-15H2,1-2H3,(H,29,32). The first-order chi connectivity index (χ1) is 15.8. The molecule has 178 valence electrons. The molecular formula is C25H29Cl3N2O3. The molecule has 1 aliphatic rings. The summed E-state index contributed by atoms with van der Waals surface area (Å²) < 4.78 is 5.74. The van der Waals surface area contributed by atoms with Crippen LogP contribution in [0.4, 0.5) is 0 Å². The summed E-state index contributed by atoms with van der Waals surface area (Å²) in [5.74, 6) is 0.116. The highest BCUT2D eigenvalue weighted by Gasteiger charge is 2.31. The van der Waals surface area contributed by atoms with E-state index in [1.165, 1.54) is 0 Å². The lowest BCUT2D eigenvalue weighted by Gasteiger charge is -2.31. The second kappa shape index (κ2) is 12.0. The molecule has 0 heterocycles. The lowest BCUT2D eigenvalue weighted by atomic mass is 10.1. The molecule has 0 saturated heterocycles. The van der Waals surface area contributed by atoms with Crippen molar-refractivity contribution < 1.29 is 14.3 Å². The van der Waals surface area contributed by atoms with Gasteiger partial charge in [0.15, 0.2) is 6.61 Å². The van der Waals surface area contributed by atoms with Gasteiger partial charge in [-0.3, -0.25) is 9.59 Å². The van der Waals surface area contributed by atoms with Gasteiger partial charge in [0.25, 0.3) is 5.91 Å². The molecule has 5 nitrogen and oxygen atoms in total. The quantitative estimate of drug-likeness (QED) is 0.436. The summed E-state index contributed by atoms with van der Waals surface area (Å²) in [6, 6.07) is 9.99. The van der Waals surface area contributed by atoms with Crippen LogP contribution in [-0.4, -0.2) is 35.4 Å². The Hall–Kier alpha value is -1.95. The number of hydrogen-bond acceptors (Lipinski definition) is 3. The highest BCUT2D eigenvalue weighted by Crippen LogP contribution is 2.25. The van der Waals surface area contributed by atoms with Gasteiger partial charge in [-0.25, -0.2) is 0 Å². The third-order valence-electron chi connectivity index (χ3n) is 5.92. The van der Waals surface area contributed by atoms with E-state index in [0.717, 1.165) is 36.8 Å². The van der Waals surface area contributed by atoms with Crippen molar-refractivity contribution in [3.05, 3.63) is 62.6 Å². The minimum absolute atomic E-state index is 0.139. The summed E-state index contributed by atoms with van der Waals surface area (Å²) in [6.07, 6.45) is 4.65. The molecule has 1 unspecified atom stereocenters. The highest BCUT2D eigenvalue weighted by molar-refractivity contribution is 6.42. The van der Waals surface area contributed by atoms with Crippen LogP contribution >= 0.6 is 34.8 Å². The van der Waals surface area contributed by atoms with E-state index in [1.807, 2.05) is 13.8 Å². The van der Waals surface area contributed by atoms with Gasteiger partial charge in [0, 0.05) is 17.6 Å². The Kier molecular flexibility index (Phi) is 9.30. The van der Waals surface area contributed by atoms with Crippen molar-refractivity contribution in [1.29, 1.82) is 0 Å². The Morgan fingerprint density at radius 1 is 1.06 bits per heavy atom. The number of aryl methyl sites for hydroxylation is 1. The van der Waals surface area contributed by atoms with Gasteiger partial charge in [-0.2, -0.15) is 0 Å². The first-order valence-electron chi connectivity index (χ1n) is 11.2. The number of nitrogens with zero attached hydrogens (tertiary/aromatic N) is 1. The minimum atomic E-state index is -0.622. The van der Waals surface area contributed by atoms with Crippen molar-refractivity contribution in [2.24, 2.45) is 0 Å². The van der Waals surface area contributed by atoms with Crippen molar-refractivity contribution in [2.75, 3.05) is 6.61 Å². The Labute approximate surface area is 210 Å². The van der Waals surface area contributed by atoms with Crippen molar-refractivity contribution in [1.82, 2.24) is 10.2 Å². The van der Waals surface area contributed by atoms with E-state index >= 15 is 0 Å². The van der Waals surface area contributed by atoms with Gasteiger partial charge in [0.2, 0.25) is 5.91 Å². The van der Waals surface area contributed by atoms with Gasteiger partial charge in [0.1, 0.15) is 11.8 Å². The van der Waals surface area contributed by atoms with Crippen LogP contribution in [0.1, 0.15) is 50.2 Å². The number of hydrogen-bond donors (Lipinski definition) is 1. The largest absolute Gasteiger partial charge is 0.484 e. The lowest BCUT2D eigenvalue weighted by molar-refractivity contribution is -0.143. The van der Waals surface area contributed by atoms with E-state index in [9.17, 15) is 9.59 Å². The smallest absolute Gasteiger partial charge is 0.261 e. The summed E-state index contributed by atoms with van der Waals surface area (Å²) in [5, 5.41) is 4.59. The van der Waals surface area contributed by atoms with E-state index in [4.69, 9.17) is 39.5 Å². The molecule has 33 heavy (non-hydrogen) atoms. The summed E-state index contributed by atoms with van der Waals surface area (Å²) in [4.78, 5) is 28.0. The van der Waals surface area contributed by atoms with Crippen molar-refractivity contribution in [2.45, 2.75) is 64.6 Å². The maximum Gasteiger partial charge on any atom is 0.261 e. The van der Waals surface area contributed by atoms with Crippen LogP contribution in [0.5, 0.6) is 5.75 Å². The molecule has 0 bridgehead atoms. The highest BCUT2D eigenvalue weighted by atomic mass is 35.5. The van der Waals surface area contributed by atoms with Gasteiger partial charge in [-0.05, 0) is 67.6 Å². The molecule has 0 aromatic heterocycles. The average Bonchev–Trinajstić information content (AvgIpc) is 3.29. The molecule has 1 N–H and O–H groups in total. The summed E-state index contributed by atoms with van der Waals surface area (Å²) >= 11 is 18.3. The fourth-order valence-electron chi connectivity index (χ4n) is 4.06. The van der Waals surface area contributed by atoms with Gasteiger partial charge < -0.3 is 15.0 Å². The molecule has 0 spiro atoms. The second-order valence-corrected chi connectivity index (χ2v) is 9.61. The second-order valence-electron chi connectivity index (χ2n) is 8.38. The molecule has 2 amide bonds. The Morgan fingerprint density at radius 3 is 2.39 bits per heavy atom. The first kappa shape index (κ1) is 25.7. The molecule has 1 fully saturated rings. The zero-order chi connectivity index (χ0) is 24.0. The molecule has 0 aliphatic heterocycles. The van der Waals surface area contributed by atoms with Crippen molar-refractivity contribution >= 4 is 46.6 Å². The fourth-order valence-corrected chi connectivity index (χ4v) is 4.49. The molecule has 0 radical (unpaired) electrons. The van der Waals surface area contributed by atoms with Crippen LogP contribution in [0.2, 0.25) is 15.1 Å². The molecule has 3 rings (SSSR count). The monoisotopic (exact) mass is 510 g/mol. The van der Waals surface area contributed by atoms with Gasteiger partial charge in [-0.15, -0.1) is 0 Å². The number of amides is 2. The van der Waals surface area contributed by atoms with E-state index in [-0.39, 0.29) is 31.0 Å². The zero-order valence-electron chi connectivity index (χ0n) is 18.9. The van der Waals surface area contributed by atoms with E-state index < -0.39 is 6.04 Å². The topological polar surface area (TPSA) is 58.6 Å². The van der Waals surface area contributed by atoms with Crippen LogP contribution in [-0.2, 0) is 16.1 Å². The molecule has 1 atom stereocenters. The molecule has 2 aromatic carbocycles. The average molecular weight is 512 g/mol. The van der Waals surface area contributed by atoms with Crippen LogP contribution < -0.4 is 10.1 Å². The zero-order valence-corrected chi connectivity index (χ0v) is 21.1. The summed E-state index contributed by atoms with van der Waals surface area (Å²) in [7, 11) is 0. The normalized spacial score (nSPS) is 14.7. The lowest BCUT2D eigenvalue weighted by Crippen LogP contribution is -2.52. The minimum Gasteiger partial charge on any atom is -0.484 e. The van der Waals surface area contributed by atoms with E-state index in [1.54, 1.807) is 41.3 Å². The fraction of sp³-hybridized carbons (Fsp3) is 0.440. The third kappa shape index (κ3) is 7.02. The maximum absolute atomic E-state index is 13.3. The van der Waals surface area contributed by atoms with Gasteiger partial charge in [-0.1, -0.05) is 60.6 Å². The third-order valence-corrected chi connectivity index (χ3v) is 7.08. The van der Waals surface area contributed by atoms with E-state index in [0.29, 0.717) is 27.2 Å². The number of benzene rings is 2. The van der Waals surface area contributed by atoms with Crippen molar-refractivity contribution in [3.8, 4) is 5.75 Å². The molecular weight excluding hydrogens is 483 g/mol. The molecule has 2 aromatic rings. The van der Waals surface area contributed by atoms with Crippen LogP contribution in [0.3, 0.4) is 0 Å². The first-order valence-corrected chi connectivity index (χ1v) is 12.3. The van der Waals surface area contributed by atoms with Gasteiger partial charge in [0.05, 0.1) is 10.0 Å². The Morgan fingerprint density at radius 2 is 1.76 bits per heavy atom. The predicted molar refractivity (Wildman–Crippen MR) is 133 cm³/mol. The van der Waals surface area contributed by atoms with E-state index in [2.05, 4.69) is 5.32 Å². The predicted octanol–water partition coefficient (Wildman–Crippen LogP) is 6.20. The number of ether oxygens (including phenoxy) is 1. The Balaban J connectivity index is 1.78. The SMILES string of the molecule is CCC(C(=O)NC1CCCC1)N(Cc1ccc(Cl)c(Cl)c1)C(=O)COc1ccc(Cl)c(C)c1. The maximum atomic E-state index is 13.3. The Bertz CT molecular complexity index is 993. The van der Waals surface area contributed by atoms with Gasteiger partial charge >= 0.3 is 0 Å². The number of halogens is 3. The molecule has 8 heteroatoms.